The van der Waals surface area contributed by atoms with Gasteiger partial charge in [-0.3, -0.25) is 14.5 Å². The monoisotopic (exact) mass is 504 g/mol. The van der Waals surface area contributed by atoms with Gasteiger partial charge in [-0.1, -0.05) is 24.3 Å². The molecule has 3 rings (SSSR count). The molecule has 1 aliphatic rings. The topological polar surface area (TPSA) is 55.9 Å². The molecular formula is C26H34Cl2N4O2. The van der Waals surface area contributed by atoms with Crippen molar-refractivity contribution in [2.24, 2.45) is 0 Å². The summed E-state index contributed by atoms with van der Waals surface area (Å²) in [7, 11) is 2.10. The van der Waals surface area contributed by atoms with Crippen molar-refractivity contribution in [1.29, 1.82) is 0 Å². The first-order chi connectivity index (χ1) is 16.5. The average Bonchev–Trinajstić information content (AvgIpc) is 2.81. The van der Waals surface area contributed by atoms with Gasteiger partial charge in [0, 0.05) is 68.8 Å². The fourth-order valence-corrected chi connectivity index (χ4v) is 4.50. The Kier molecular flexibility index (Phi) is 10.7. The molecule has 0 saturated carbocycles. The van der Waals surface area contributed by atoms with Gasteiger partial charge < -0.3 is 15.1 Å². The van der Waals surface area contributed by atoms with Crippen LogP contribution in [0.2, 0.25) is 0 Å². The maximum Gasteiger partial charge on any atom is 0.228 e. The van der Waals surface area contributed by atoms with E-state index >= 15 is 0 Å². The summed E-state index contributed by atoms with van der Waals surface area (Å²) in [4.78, 5) is 31.7. The van der Waals surface area contributed by atoms with Gasteiger partial charge in [0.15, 0.2) is 5.78 Å². The molecule has 2 aromatic carbocycles. The number of amides is 1. The highest BCUT2D eigenvalue weighted by atomic mass is 35.5. The van der Waals surface area contributed by atoms with Gasteiger partial charge in [-0.2, -0.15) is 0 Å². The molecule has 0 aromatic heterocycles. The van der Waals surface area contributed by atoms with Crippen molar-refractivity contribution < 1.29 is 9.59 Å². The van der Waals surface area contributed by atoms with Gasteiger partial charge in [-0.25, -0.2) is 0 Å². The summed E-state index contributed by atoms with van der Waals surface area (Å²) in [6.07, 6.45) is 0.649. The van der Waals surface area contributed by atoms with E-state index in [0.29, 0.717) is 30.4 Å². The van der Waals surface area contributed by atoms with Crippen molar-refractivity contribution in [3.05, 3.63) is 59.7 Å². The lowest BCUT2D eigenvalue weighted by atomic mass is 10.1. The number of nitrogens with zero attached hydrogens (tertiary/aromatic N) is 3. The number of ketones is 1. The number of likely N-dealkylation sites (N-methyl/N-ethyl adjacent to an activating group) is 1. The number of anilines is 2. The highest BCUT2D eigenvalue weighted by molar-refractivity contribution is 6.18. The third-order valence-electron chi connectivity index (χ3n) is 5.98. The number of carbonyl (C=O) groups excluding carboxylic acids is 2. The quantitative estimate of drug-likeness (QED) is 0.448. The maximum atomic E-state index is 12.6. The zero-order valence-corrected chi connectivity index (χ0v) is 21.3. The Morgan fingerprint density at radius 1 is 0.912 bits per heavy atom. The fourth-order valence-electron chi connectivity index (χ4n) is 4.09. The van der Waals surface area contributed by atoms with Crippen LogP contribution < -0.4 is 10.2 Å². The van der Waals surface area contributed by atoms with Gasteiger partial charge in [0.25, 0.3) is 0 Å². The highest BCUT2D eigenvalue weighted by Gasteiger charge is 2.17. The average molecular weight is 505 g/mol. The summed E-state index contributed by atoms with van der Waals surface area (Å²) in [5, 5.41) is 2.96. The molecule has 1 amide bonds. The summed E-state index contributed by atoms with van der Waals surface area (Å²) >= 11 is 11.8. The van der Waals surface area contributed by atoms with E-state index in [1.807, 2.05) is 48.5 Å². The van der Waals surface area contributed by atoms with Gasteiger partial charge in [-0.15, -0.1) is 23.2 Å². The van der Waals surface area contributed by atoms with Crippen molar-refractivity contribution >= 4 is 46.3 Å². The first-order valence-electron chi connectivity index (χ1n) is 11.7. The van der Waals surface area contributed by atoms with E-state index < -0.39 is 0 Å². The minimum Gasteiger partial charge on any atom is -0.369 e. The van der Waals surface area contributed by atoms with Crippen molar-refractivity contribution in [3.63, 3.8) is 0 Å². The summed E-state index contributed by atoms with van der Waals surface area (Å²) in [5.41, 5.74) is 3.60. The molecule has 1 fully saturated rings. The molecule has 8 heteroatoms. The van der Waals surface area contributed by atoms with Crippen LogP contribution in [0.4, 0.5) is 11.4 Å². The molecule has 1 heterocycles. The van der Waals surface area contributed by atoms with E-state index in [1.54, 1.807) is 0 Å². The lowest BCUT2D eigenvalue weighted by molar-refractivity contribution is -0.120. The zero-order valence-electron chi connectivity index (χ0n) is 19.8. The first kappa shape index (κ1) is 26.5. The van der Waals surface area contributed by atoms with Crippen molar-refractivity contribution in [2.75, 3.05) is 74.8 Å². The molecule has 0 unspecified atom stereocenters. The van der Waals surface area contributed by atoms with E-state index in [2.05, 4.69) is 27.1 Å². The van der Waals surface area contributed by atoms with Crippen LogP contribution in [0.25, 0.3) is 0 Å². The number of hydrogen-bond acceptors (Lipinski definition) is 5. The molecule has 0 radical (unpaired) electrons. The number of alkyl halides is 2. The summed E-state index contributed by atoms with van der Waals surface area (Å²) < 4.78 is 0. The molecule has 0 bridgehead atoms. The number of nitrogens with one attached hydrogen (secondary N) is 1. The third kappa shape index (κ3) is 8.58. The van der Waals surface area contributed by atoms with Crippen LogP contribution >= 0.6 is 23.2 Å². The Hall–Kier alpha value is -2.12. The first-order valence-corrected chi connectivity index (χ1v) is 12.8. The molecule has 2 aromatic rings. The number of benzene rings is 2. The van der Waals surface area contributed by atoms with Crippen LogP contribution in [0.5, 0.6) is 0 Å². The lowest BCUT2D eigenvalue weighted by Gasteiger charge is -2.31. The van der Waals surface area contributed by atoms with Crippen LogP contribution in [0.1, 0.15) is 11.1 Å². The maximum absolute atomic E-state index is 12.6. The largest absolute Gasteiger partial charge is 0.369 e. The number of piperazine rings is 1. The Morgan fingerprint density at radius 3 is 2.24 bits per heavy atom. The minimum absolute atomic E-state index is 0.0907. The van der Waals surface area contributed by atoms with Gasteiger partial charge in [0.05, 0.1) is 13.0 Å². The SMILES string of the molecule is CN1CCN(CC(=O)Cc2cccc(NC(=O)Cc3ccc(N(CCCl)CCCl)cc3)c2)CC1. The van der Waals surface area contributed by atoms with Crippen LogP contribution in [0.15, 0.2) is 48.5 Å². The number of rotatable bonds is 12. The highest BCUT2D eigenvalue weighted by Crippen LogP contribution is 2.17. The Labute approximate surface area is 212 Å². The predicted octanol–water partition coefficient (Wildman–Crippen LogP) is 3.51. The van der Waals surface area contributed by atoms with E-state index in [0.717, 1.165) is 56.1 Å². The van der Waals surface area contributed by atoms with Crippen molar-refractivity contribution in [3.8, 4) is 0 Å². The molecule has 0 spiro atoms. The molecule has 184 valence electrons. The molecule has 6 nitrogen and oxygen atoms in total. The molecule has 1 aliphatic heterocycles. The van der Waals surface area contributed by atoms with E-state index in [1.165, 1.54) is 0 Å². The lowest BCUT2D eigenvalue weighted by Crippen LogP contribution is -2.46. The summed E-state index contributed by atoms with van der Waals surface area (Å²) in [6.45, 7) is 5.78. The normalized spacial score (nSPS) is 14.7. The molecular weight excluding hydrogens is 471 g/mol. The van der Waals surface area contributed by atoms with Gasteiger partial charge in [0.2, 0.25) is 5.91 Å². The Balaban J connectivity index is 1.50. The van der Waals surface area contributed by atoms with Crippen molar-refractivity contribution in [1.82, 2.24) is 9.80 Å². The van der Waals surface area contributed by atoms with E-state index in [4.69, 9.17) is 23.2 Å². The smallest absolute Gasteiger partial charge is 0.228 e. The second-order valence-electron chi connectivity index (χ2n) is 8.75. The molecule has 1 saturated heterocycles. The second-order valence-corrected chi connectivity index (χ2v) is 9.51. The second kappa shape index (κ2) is 13.7. The molecule has 34 heavy (non-hydrogen) atoms. The third-order valence-corrected chi connectivity index (χ3v) is 6.32. The summed E-state index contributed by atoms with van der Waals surface area (Å²) in [6, 6.07) is 15.5. The van der Waals surface area contributed by atoms with Gasteiger partial charge in [-0.05, 0) is 42.4 Å². The number of Topliss-reactive ketones (excluding diaryl/α,β-unsaturated/α-hetero) is 1. The summed E-state index contributed by atoms with van der Waals surface area (Å²) in [5.74, 6) is 1.17. The van der Waals surface area contributed by atoms with Crippen LogP contribution in [0.3, 0.4) is 0 Å². The van der Waals surface area contributed by atoms with E-state index in [9.17, 15) is 9.59 Å². The van der Waals surface area contributed by atoms with Gasteiger partial charge in [0.1, 0.15) is 0 Å². The van der Waals surface area contributed by atoms with Crippen LogP contribution in [-0.2, 0) is 22.4 Å². The molecule has 0 atom stereocenters. The van der Waals surface area contributed by atoms with Crippen LogP contribution in [0, 0.1) is 0 Å². The predicted molar refractivity (Wildman–Crippen MR) is 142 cm³/mol. The minimum atomic E-state index is -0.0907. The molecule has 1 N–H and O–H groups in total. The van der Waals surface area contributed by atoms with Crippen molar-refractivity contribution in [2.45, 2.75) is 12.8 Å². The number of halogens is 2. The Bertz CT molecular complexity index is 925. The van der Waals surface area contributed by atoms with Crippen LogP contribution in [-0.4, -0.2) is 86.1 Å². The standard InChI is InChI=1S/C26H34Cl2N4O2/c1-30-13-15-31(16-14-30)20-25(33)18-22-3-2-4-23(17-22)29-26(34)19-21-5-7-24(8-6-21)32(11-9-27)12-10-28/h2-8,17H,9-16,18-20H2,1H3,(H,29,34). The zero-order chi connectivity index (χ0) is 24.3. The van der Waals surface area contributed by atoms with Gasteiger partial charge >= 0.3 is 0 Å². The Morgan fingerprint density at radius 2 is 1.59 bits per heavy atom. The fraction of sp³-hybridized carbons (Fsp3) is 0.462. The molecule has 0 aliphatic carbocycles. The number of carbonyl (C=O) groups is 2. The number of hydrogen-bond donors (Lipinski definition) is 1. The van der Waals surface area contributed by atoms with E-state index in [-0.39, 0.29) is 18.1 Å².